The molecule has 0 bridgehead atoms. The Kier molecular flexibility index (Phi) is 5.87. The minimum atomic E-state index is -1.67. The minimum absolute atomic E-state index is 0.0343. The highest BCUT2D eigenvalue weighted by atomic mass is 19.1. The van der Waals surface area contributed by atoms with Gasteiger partial charge in [0.05, 0.1) is 42.9 Å². The molecule has 10 nitrogen and oxygen atoms in total. The van der Waals surface area contributed by atoms with Gasteiger partial charge in [0, 0.05) is 19.3 Å². The van der Waals surface area contributed by atoms with Crippen molar-refractivity contribution in [2.24, 2.45) is 0 Å². The highest BCUT2D eigenvalue weighted by molar-refractivity contribution is 5.90. The molecule has 0 aliphatic carbocycles. The van der Waals surface area contributed by atoms with E-state index in [4.69, 9.17) is 4.74 Å². The number of benzene rings is 1. The molecule has 2 aromatic heterocycles. The molecule has 1 unspecified atom stereocenters. The Morgan fingerprint density at radius 3 is 2.71 bits per heavy atom. The van der Waals surface area contributed by atoms with Crippen LogP contribution in [0.4, 0.5) is 25.0 Å². The summed E-state index contributed by atoms with van der Waals surface area (Å²) in [5.74, 6) is -1.30. The number of carbonyl (C=O) groups excluding carboxylic acids is 2. The third-order valence-corrected chi connectivity index (χ3v) is 6.27. The van der Waals surface area contributed by atoms with Crippen molar-refractivity contribution in [3.05, 3.63) is 52.7 Å². The van der Waals surface area contributed by atoms with Crippen LogP contribution in [0.25, 0.3) is 11.0 Å². The average molecular weight is 486 g/mol. The third kappa shape index (κ3) is 4.19. The lowest BCUT2D eigenvalue weighted by Crippen LogP contribution is -2.37. The zero-order valence-corrected chi connectivity index (χ0v) is 19.0. The van der Waals surface area contributed by atoms with E-state index in [1.807, 2.05) is 9.58 Å². The number of carbonyl (C=O) groups is 2. The number of hydrogen-bond acceptors (Lipinski definition) is 6. The SMILES string of the molecule is CC(F)C(=O)NC[C@H]1CN(c2ccc(N3CCn4c(=O)c5cccnc5n4CC3)c(F)c2)C(=O)O1. The summed E-state index contributed by atoms with van der Waals surface area (Å²) in [4.78, 5) is 43.9. The Bertz CT molecular complexity index is 1350. The molecule has 5 rings (SSSR count). The molecule has 1 aromatic carbocycles. The van der Waals surface area contributed by atoms with Gasteiger partial charge in [-0.1, -0.05) is 0 Å². The van der Waals surface area contributed by atoms with Gasteiger partial charge < -0.3 is 15.0 Å². The van der Waals surface area contributed by atoms with E-state index in [1.165, 1.54) is 11.0 Å². The van der Waals surface area contributed by atoms with Crippen LogP contribution in [0.15, 0.2) is 41.3 Å². The van der Waals surface area contributed by atoms with E-state index in [0.717, 1.165) is 6.92 Å². The minimum Gasteiger partial charge on any atom is -0.442 e. The van der Waals surface area contributed by atoms with Crippen molar-refractivity contribution in [3.8, 4) is 0 Å². The summed E-state index contributed by atoms with van der Waals surface area (Å²) >= 11 is 0. The second-order valence-corrected chi connectivity index (χ2v) is 8.53. The van der Waals surface area contributed by atoms with Gasteiger partial charge in [0.25, 0.3) is 11.5 Å². The van der Waals surface area contributed by atoms with E-state index >= 15 is 4.39 Å². The number of nitrogens with one attached hydrogen (secondary N) is 1. The van der Waals surface area contributed by atoms with E-state index in [1.54, 1.807) is 35.1 Å². The fourth-order valence-electron chi connectivity index (χ4n) is 4.48. The van der Waals surface area contributed by atoms with E-state index in [-0.39, 0.29) is 18.6 Å². The third-order valence-electron chi connectivity index (χ3n) is 6.27. The number of aromatic nitrogens is 3. The Balaban J connectivity index is 1.29. The van der Waals surface area contributed by atoms with E-state index in [0.29, 0.717) is 48.6 Å². The van der Waals surface area contributed by atoms with Gasteiger partial charge in [-0.05, 0) is 37.3 Å². The Hall–Kier alpha value is -3.96. The highest BCUT2D eigenvalue weighted by Crippen LogP contribution is 2.28. The monoisotopic (exact) mass is 486 g/mol. The van der Waals surface area contributed by atoms with E-state index in [2.05, 4.69) is 10.3 Å². The molecule has 1 saturated heterocycles. The van der Waals surface area contributed by atoms with Crippen LogP contribution in [-0.2, 0) is 22.6 Å². The number of nitrogens with zero attached hydrogens (tertiary/aromatic N) is 5. The molecular weight excluding hydrogens is 462 g/mol. The average Bonchev–Trinajstić information content (AvgIpc) is 3.24. The number of alkyl halides is 1. The maximum Gasteiger partial charge on any atom is 0.414 e. The van der Waals surface area contributed by atoms with Crippen molar-refractivity contribution in [1.29, 1.82) is 0 Å². The van der Waals surface area contributed by atoms with Crippen LogP contribution in [0.2, 0.25) is 0 Å². The first-order valence-electron chi connectivity index (χ1n) is 11.3. The van der Waals surface area contributed by atoms with E-state index in [9.17, 15) is 18.8 Å². The fraction of sp³-hybridized carbons (Fsp3) is 0.391. The van der Waals surface area contributed by atoms with Gasteiger partial charge in [0.2, 0.25) is 0 Å². The molecular formula is C23H24F2N6O4. The van der Waals surface area contributed by atoms with E-state index < -0.39 is 30.1 Å². The zero-order chi connectivity index (χ0) is 24.7. The molecule has 4 heterocycles. The molecule has 2 atom stereocenters. The van der Waals surface area contributed by atoms with Gasteiger partial charge in [0.1, 0.15) is 11.9 Å². The first-order valence-corrected chi connectivity index (χ1v) is 11.3. The van der Waals surface area contributed by atoms with Crippen LogP contribution >= 0.6 is 0 Å². The quantitative estimate of drug-likeness (QED) is 0.589. The van der Waals surface area contributed by atoms with Gasteiger partial charge in [0.15, 0.2) is 11.8 Å². The number of rotatable bonds is 5. The summed E-state index contributed by atoms with van der Waals surface area (Å²) in [5, 5.41) is 2.94. The fourth-order valence-corrected chi connectivity index (χ4v) is 4.48. The maximum absolute atomic E-state index is 15.2. The summed E-state index contributed by atoms with van der Waals surface area (Å²) in [5.41, 5.74) is 1.16. The van der Waals surface area contributed by atoms with Crippen molar-refractivity contribution < 1.29 is 23.1 Å². The largest absolute Gasteiger partial charge is 0.442 e. The summed E-state index contributed by atoms with van der Waals surface area (Å²) < 4.78 is 36.8. The smallest absolute Gasteiger partial charge is 0.414 e. The van der Waals surface area contributed by atoms with Gasteiger partial charge in [-0.2, -0.15) is 0 Å². The number of hydrogen-bond donors (Lipinski definition) is 1. The molecule has 1 fully saturated rings. The maximum atomic E-state index is 15.2. The molecule has 12 heteroatoms. The highest BCUT2D eigenvalue weighted by Gasteiger charge is 2.33. The standard InChI is InChI=1S/C23H24F2N6O4/c1-14(24)21(32)27-12-16-13-29(23(34)35-16)15-4-5-19(18(25)11-15)28-7-9-30-20-17(3-2-6-26-20)22(33)31(30)10-8-28/h2-6,11,14,16H,7-10,12-13H2,1H3,(H,27,32)/t14?,16-/m0/s1. The van der Waals surface area contributed by atoms with Crippen molar-refractivity contribution >= 4 is 34.4 Å². The molecule has 2 amide bonds. The van der Waals surface area contributed by atoms with Gasteiger partial charge in [-0.3, -0.25) is 19.2 Å². The van der Waals surface area contributed by atoms with Gasteiger partial charge in [-0.15, -0.1) is 0 Å². The number of amides is 2. The second-order valence-electron chi connectivity index (χ2n) is 8.53. The lowest BCUT2D eigenvalue weighted by Gasteiger charge is -2.23. The van der Waals surface area contributed by atoms with Crippen LogP contribution in [0.3, 0.4) is 0 Å². The molecule has 0 radical (unpaired) electrons. The van der Waals surface area contributed by atoms with Crippen molar-refractivity contribution in [2.45, 2.75) is 32.3 Å². The van der Waals surface area contributed by atoms with Crippen LogP contribution in [-0.4, -0.2) is 64.8 Å². The zero-order valence-electron chi connectivity index (χ0n) is 19.0. The lowest BCUT2D eigenvalue weighted by atomic mass is 10.2. The number of pyridine rings is 1. The Morgan fingerprint density at radius 2 is 1.97 bits per heavy atom. The van der Waals surface area contributed by atoms with Crippen molar-refractivity contribution in [1.82, 2.24) is 19.7 Å². The number of cyclic esters (lactones) is 1. The number of ether oxygens (including phenoxy) is 1. The summed E-state index contributed by atoms with van der Waals surface area (Å²) in [6.07, 6.45) is -1.37. The van der Waals surface area contributed by atoms with Crippen LogP contribution in [0.1, 0.15) is 6.92 Å². The molecule has 184 valence electrons. The summed E-state index contributed by atoms with van der Waals surface area (Å²) in [7, 11) is 0. The molecule has 1 N–H and O–H groups in total. The van der Waals surface area contributed by atoms with Crippen molar-refractivity contribution in [2.75, 3.05) is 36.0 Å². The lowest BCUT2D eigenvalue weighted by molar-refractivity contribution is -0.125. The first kappa shape index (κ1) is 22.8. The molecule has 0 saturated carbocycles. The number of fused-ring (bicyclic) bond motifs is 3. The van der Waals surface area contributed by atoms with Crippen LogP contribution in [0.5, 0.6) is 0 Å². The van der Waals surface area contributed by atoms with Gasteiger partial charge in [-0.25, -0.2) is 23.2 Å². The number of anilines is 2. The summed E-state index contributed by atoms with van der Waals surface area (Å²) in [6, 6.07) is 7.96. The second kappa shape index (κ2) is 9.01. The normalized spacial score (nSPS) is 18.8. The predicted molar refractivity (Wildman–Crippen MR) is 124 cm³/mol. The van der Waals surface area contributed by atoms with Crippen LogP contribution in [0, 0.1) is 5.82 Å². The van der Waals surface area contributed by atoms with Gasteiger partial charge >= 0.3 is 6.09 Å². The molecule has 35 heavy (non-hydrogen) atoms. The van der Waals surface area contributed by atoms with Crippen LogP contribution < -0.4 is 20.7 Å². The molecule has 2 aliphatic rings. The first-order chi connectivity index (χ1) is 16.8. The topological polar surface area (TPSA) is 102 Å². The van der Waals surface area contributed by atoms with Crippen molar-refractivity contribution in [3.63, 3.8) is 0 Å². The molecule has 2 aliphatic heterocycles. The number of halogens is 2. The molecule has 0 spiro atoms. The Morgan fingerprint density at radius 1 is 1.20 bits per heavy atom. The summed E-state index contributed by atoms with van der Waals surface area (Å²) in [6.45, 7) is 2.91. The predicted octanol–water partition coefficient (Wildman–Crippen LogP) is 1.66. The molecule has 3 aromatic rings. The Labute approximate surface area is 198 Å².